The molecular formula is C14H24F3NO2S2. The topological polar surface area (TPSA) is 38.3 Å². The van der Waals surface area contributed by atoms with Crippen molar-refractivity contribution in [2.24, 2.45) is 0 Å². The van der Waals surface area contributed by atoms with Crippen LogP contribution in [0.1, 0.15) is 38.5 Å². The number of carbonyl (C=O) groups is 1. The highest BCUT2D eigenvalue weighted by molar-refractivity contribution is 8.18. The van der Waals surface area contributed by atoms with E-state index in [2.05, 4.69) is 0 Å². The molecule has 1 aliphatic carbocycles. The molecule has 1 N–H and O–H groups in total. The zero-order valence-corrected chi connectivity index (χ0v) is 14.5. The lowest BCUT2D eigenvalue weighted by atomic mass is 10.00. The Hall–Kier alpha value is -0.0800. The summed E-state index contributed by atoms with van der Waals surface area (Å²) in [6.45, 7) is 0.790. The van der Waals surface area contributed by atoms with Crippen molar-refractivity contribution < 1.29 is 22.7 Å². The SMILES string of the molecule is COCCCSC1(SCCNC(=O)C(F)(F)F)CCCCC1. The maximum absolute atomic E-state index is 12.1. The van der Waals surface area contributed by atoms with E-state index in [0.717, 1.165) is 31.6 Å². The molecule has 1 rings (SSSR count). The molecule has 130 valence electrons. The van der Waals surface area contributed by atoms with Gasteiger partial charge in [0.05, 0.1) is 4.08 Å². The van der Waals surface area contributed by atoms with Crippen LogP contribution in [-0.2, 0) is 9.53 Å². The van der Waals surface area contributed by atoms with Gasteiger partial charge in [-0.25, -0.2) is 0 Å². The standard InChI is InChI=1S/C14H24F3NO2S2/c1-20-9-5-10-21-13(6-3-2-4-7-13)22-11-8-18-12(19)14(15,16)17/h2-11H2,1H3,(H,18,19). The van der Waals surface area contributed by atoms with Crippen molar-refractivity contribution in [1.82, 2.24) is 5.32 Å². The van der Waals surface area contributed by atoms with Crippen molar-refractivity contribution in [2.75, 3.05) is 31.8 Å². The second-order valence-corrected chi connectivity index (χ2v) is 8.48. The van der Waals surface area contributed by atoms with Crippen LogP contribution < -0.4 is 5.32 Å². The van der Waals surface area contributed by atoms with Gasteiger partial charge in [0, 0.05) is 26.0 Å². The first kappa shape index (κ1) is 20.0. The Balaban J connectivity index is 2.33. The molecule has 0 heterocycles. The van der Waals surface area contributed by atoms with Gasteiger partial charge in [-0.3, -0.25) is 4.79 Å². The van der Waals surface area contributed by atoms with Gasteiger partial charge in [-0.1, -0.05) is 19.3 Å². The van der Waals surface area contributed by atoms with Gasteiger partial charge in [0.2, 0.25) is 0 Å². The van der Waals surface area contributed by atoms with E-state index < -0.39 is 12.1 Å². The van der Waals surface area contributed by atoms with E-state index >= 15 is 0 Å². The number of thioether (sulfide) groups is 2. The summed E-state index contributed by atoms with van der Waals surface area (Å²) in [6.07, 6.45) is 1.92. The summed E-state index contributed by atoms with van der Waals surface area (Å²) in [5.41, 5.74) is 0. The van der Waals surface area contributed by atoms with Gasteiger partial charge < -0.3 is 10.1 Å². The molecule has 1 saturated carbocycles. The molecule has 0 aromatic rings. The number of methoxy groups -OCH3 is 1. The molecule has 0 spiro atoms. The van der Waals surface area contributed by atoms with E-state index in [1.807, 2.05) is 17.1 Å². The van der Waals surface area contributed by atoms with E-state index in [1.165, 1.54) is 19.3 Å². The second kappa shape index (κ2) is 9.93. The highest BCUT2D eigenvalue weighted by Crippen LogP contribution is 2.48. The van der Waals surface area contributed by atoms with Crippen LogP contribution in [0.3, 0.4) is 0 Å². The van der Waals surface area contributed by atoms with E-state index in [1.54, 1.807) is 18.9 Å². The maximum atomic E-state index is 12.1. The molecule has 1 fully saturated rings. The Morgan fingerprint density at radius 2 is 1.82 bits per heavy atom. The van der Waals surface area contributed by atoms with Crippen LogP contribution in [0, 0.1) is 0 Å². The van der Waals surface area contributed by atoms with Crippen molar-refractivity contribution in [3.05, 3.63) is 0 Å². The van der Waals surface area contributed by atoms with Crippen molar-refractivity contribution >= 4 is 29.4 Å². The number of amides is 1. The second-order valence-electron chi connectivity index (χ2n) is 5.27. The van der Waals surface area contributed by atoms with Crippen LogP contribution >= 0.6 is 23.5 Å². The summed E-state index contributed by atoms with van der Waals surface area (Å²) in [4.78, 5) is 10.8. The number of hydrogen-bond donors (Lipinski definition) is 1. The molecular weight excluding hydrogens is 335 g/mol. The lowest BCUT2D eigenvalue weighted by Gasteiger charge is -2.36. The number of alkyl halides is 3. The average Bonchev–Trinajstić information content (AvgIpc) is 2.48. The fraction of sp³-hybridized carbons (Fsp3) is 0.929. The minimum atomic E-state index is -4.79. The summed E-state index contributed by atoms with van der Waals surface area (Å²) in [6, 6.07) is 0. The Bertz CT molecular complexity index is 335. The minimum Gasteiger partial charge on any atom is -0.385 e. The predicted octanol–water partition coefficient (Wildman–Crippen LogP) is 3.83. The highest BCUT2D eigenvalue weighted by Gasteiger charge is 2.38. The summed E-state index contributed by atoms with van der Waals surface area (Å²) in [5, 5.41) is 1.94. The third-order valence-corrected chi connectivity index (χ3v) is 6.96. The van der Waals surface area contributed by atoms with Crippen LogP contribution in [0.15, 0.2) is 0 Å². The maximum Gasteiger partial charge on any atom is 0.471 e. The molecule has 0 radical (unpaired) electrons. The summed E-state index contributed by atoms with van der Waals surface area (Å²) >= 11 is 3.59. The molecule has 0 saturated heterocycles. The number of nitrogens with one attached hydrogen (secondary N) is 1. The van der Waals surface area contributed by atoms with Crippen LogP contribution in [0.2, 0.25) is 0 Å². The third-order valence-electron chi connectivity index (χ3n) is 3.48. The smallest absolute Gasteiger partial charge is 0.385 e. The molecule has 0 aromatic heterocycles. The molecule has 0 unspecified atom stereocenters. The van der Waals surface area contributed by atoms with Crippen molar-refractivity contribution in [3.63, 3.8) is 0 Å². The molecule has 0 aromatic carbocycles. The first-order valence-corrected chi connectivity index (χ1v) is 9.49. The molecule has 0 atom stereocenters. The van der Waals surface area contributed by atoms with Gasteiger partial charge in [-0.05, 0) is 25.0 Å². The monoisotopic (exact) mass is 359 g/mol. The molecule has 0 bridgehead atoms. The van der Waals surface area contributed by atoms with Crippen molar-refractivity contribution in [3.8, 4) is 0 Å². The first-order chi connectivity index (χ1) is 10.4. The Morgan fingerprint density at radius 1 is 1.18 bits per heavy atom. The van der Waals surface area contributed by atoms with Crippen LogP contribution in [-0.4, -0.2) is 47.9 Å². The predicted molar refractivity (Wildman–Crippen MR) is 86.3 cm³/mol. The number of ether oxygens (including phenoxy) is 1. The highest BCUT2D eigenvalue weighted by atomic mass is 32.2. The molecule has 22 heavy (non-hydrogen) atoms. The summed E-state index contributed by atoms with van der Waals surface area (Å²) in [5.74, 6) is -0.340. The number of halogens is 3. The van der Waals surface area contributed by atoms with Crippen molar-refractivity contribution in [1.29, 1.82) is 0 Å². The van der Waals surface area contributed by atoms with Gasteiger partial charge in [-0.15, -0.1) is 23.5 Å². The van der Waals surface area contributed by atoms with Gasteiger partial charge in [-0.2, -0.15) is 13.2 Å². The number of hydrogen-bond acceptors (Lipinski definition) is 4. The number of rotatable bonds is 9. The van der Waals surface area contributed by atoms with E-state index in [4.69, 9.17) is 4.74 Å². The molecule has 1 aliphatic rings. The van der Waals surface area contributed by atoms with Gasteiger partial charge in [0.25, 0.3) is 0 Å². The Morgan fingerprint density at radius 3 is 2.41 bits per heavy atom. The fourth-order valence-corrected chi connectivity index (χ4v) is 5.58. The van der Waals surface area contributed by atoms with Crippen molar-refractivity contribution in [2.45, 2.75) is 48.8 Å². The zero-order valence-electron chi connectivity index (χ0n) is 12.8. The van der Waals surface area contributed by atoms with E-state index in [-0.39, 0.29) is 10.6 Å². The lowest BCUT2D eigenvalue weighted by molar-refractivity contribution is -0.173. The quantitative estimate of drug-likeness (QED) is 0.502. The first-order valence-electron chi connectivity index (χ1n) is 7.51. The number of carbonyl (C=O) groups excluding carboxylic acids is 1. The molecule has 3 nitrogen and oxygen atoms in total. The molecule has 0 aliphatic heterocycles. The molecule has 8 heteroatoms. The van der Waals surface area contributed by atoms with Crippen LogP contribution in [0.4, 0.5) is 13.2 Å². The average molecular weight is 359 g/mol. The zero-order chi connectivity index (χ0) is 16.5. The Kier molecular flexibility index (Phi) is 9.01. The Labute approximate surface area is 138 Å². The van der Waals surface area contributed by atoms with Gasteiger partial charge >= 0.3 is 12.1 Å². The minimum absolute atomic E-state index is 0.0589. The largest absolute Gasteiger partial charge is 0.471 e. The third kappa shape index (κ3) is 7.46. The lowest BCUT2D eigenvalue weighted by Crippen LogP contribution is -2.38. The van der Waals surface area contributed by atoms with E-state index in [9.17, 15) is 18.0 Å². The normalized spacial score (nSPS) is 18.2. The van der Waals surface area contributed by atoms with Crippen LogP contribution in [0.5, 0.6) is 0 Å². The van der Waals surface area contributed by atoms with Crippen LogP contribution in [0.25, 0.3) is 0 Å². The van der Waals surface area contributed by atoms with Gasteiger partial charge in [0.15, 0.2) is 0 Å². The van der Waals surface area contributed by atoms with Gasteiger partial charge in [0.1, 0.15) is 0 Å². The summed E-state index contributed by atoms with van der Waals surface area (Å²) < 4.78 is 41.5. The van der Waals surface area contributed by atoms with E-state index in [0.29, 0.717) is 5.75 Å². The fourth-order valence-electron chi connectivity index (χ4n) is 2.38. The molecule has 1 amide bonds. The summed E-state index contributed by atoms with van der Waals surface area (Å²) in [7, 11) is 1.68.